The molecular weight excluding hydrogens is 344 g/mol. The summed E-state index contributed by atoms with van der Waals surface area (Å²) in [6.45, 7) is 11.3. The maximum atomic E-state index is 12.4. The van der Waals surface area contributed by atoms with Crippen LogP contribution in [0.1, 0.15) is 60.8 Å². The molecule has 1 aliphatic heterocycles. The molecule has 0 aromatic rings. The Labute approximate surface area is 163 Å². The van der Waals surface area contributed by atoms with Crippen LogP contribution in [-0.4, -0.2) is 40.3 Å². The van der Waals surface area contributed by atoms with Crippen molar-refractivity contribution in [1.82, 2.24) is 0 Å². The number of aliphatic hydroxyl groups is 2. The molecule has 5 heteroatoms. The smallest absolute Gasteiger partial charge is 0.308 e. The Morgan fingerprint density at radius 3 is 2.33 bits per heavy atom. The maximum absolute atomic E-state index is 12.4. The second kappa shape index (κ2) is 10.8. The van der Waals surface area contributed by atoms with E-state index < -0.39 is 24.1 Å². The van der Waals surface area contributed by atoms with Gasteiger partial charge >= 0.3 is 5.97 Å². The molecule has 0 aliphatic carbocycles. The molecule has 27 heavy (non-hydrogen) atoms. The molecule has 0 radical (unpaired) electrons. The average molecular weight is 381 g/mol. The topological polar surface area (TPSA) is 83.8 Å². The highest BCUT2D eigenvalue weighted by Crippen LogP contribution is 2.25. The van der Waals surface area contributed by atoms with Crippen LogP contribution in [0.4, 0.5) is 0 Å². The first kappa shape index (κ1) is 23.6. The van der Waals surface area contributed by atoms with Gasteiger partial charge in [-0.3, -0.25) is 9.59 Å². The fourth-order valence-electron chi connectivity index (χ4n) is 3.65. The molecule has 0 saturated heterocycles. The van der Waals surface area contributed by atoms with Gasteiger partial charge in [0.1, 0.15) is 6.10 Å². The molecule has 0 amide bonds. The summed E-state index contributed by atoms with van der Waals surface area (Å²) in [6, 6.07) is 0. The minimum atomic E-state index is -0.987. The van der Waals surface area contributed by atoms with Gasteiger partial charge in [0, 0.05) is 17.8 Å². The van der Waals surface area contributed by atoms with E-state index in [9.17, 15) is 19.8 Å². The molecule has 7 atom stereocenters. The molecule has 5 nitrogen and oxygen atoms in total. The van der Waals surface area contributed by atoms with Crippen LogP contribution < -0.4 is 0 Å². The summed E-state index contributed by atoms with van der Waals surface area (Å²) in [7, 11) is 0. The highest BCUT2D eigenvalue weighted by molar-refractivity contribution is 5.91. The molecule has 2 N–H and O–H groups in total. The van der Waals surface area contributed by atoms with Gasteiger partial charge in [0.2, 0.25) is 0 Å². The Hall–Kier alpha value is -1.46. The second-order valence-corrected chi connectivity index (χ2v) is 8.18. The maximum Gasteiger partial charge on any atom is 0.308 e. The molecule has 1 aliphatic rings. The summed E-state index contributed by atoms with van der Waals surface area (Å²) >= 11 is 0. The van der Waals surface area contributed by atoms with Crippen molar-refractivity contribution in [3.63, 3.8) is 0 Å². The van der Waals surface area contributed by atoms with Crippen molar-refractivity contribution in [2.24, 2.45) is 23.7 Å². The van der Waals surface area contributed by atoms with Gasteiger partial charge < -0.3 is 14.9 Å². The summed E-state index contributed by atoms with van der Waals surface area (Å²) in [5.41, 5.74) is 0.936. The van der Waals surface area contributed by atoms with Crippen LogP contribution >= 0.6 is 0 Å². The molecular formula is C22H36O5. The van der Waals surface area contributed by atoms with Crippen LogP contribution in [0.15, 0.2) is 23.8 Å². The highest BCUT2D eigenvalue weighted by Gasteiger charge is 2.31. The van der Waals surface area contributed by atoms with Crippen molar-refractivity contribution < 1.29 is 24.5 Å². The number of allylic oxidation sites excluding steroid dienone is 3. The molecule has 0 aromatic heterocycles. The van der Waals surface area contributed by atoms with E-state index in [1.165, 1.54) is 0 Å². The van der Waals surface area contributed by atoms with Crippen molar-refractivity contribution in [3.8, 4) is 0 Å². The summed E-state index contributed by atoms with van der Waals surface area (Å²) in [4.78, 5) is 24.6. The lowest BCUT2D eigenvalue weighted by Crippen LogP contribution is -2.37. The predicted molar refractivity (Wildman–Crippen MR) is 106 cm³/mol. The van der Waals surface area contributed by atoms with Crippen LogP contribution in [-0.2, 0) is 14.3 Å². The number of ketones is 1. The summed E-state index contributed by atoms with van der Waals surface area (Å²) in [5, 5.41) is 20.9. The summed E-state index contributed by atoms with van der Waals surface area (Å²) in [6.07, 6.45) is 4.31. The average Bonchev–Trinajstić information content (AvgIpc) is 2.61. The fraction of sp³-hybridized carbons (Fsp3) is 0.727. The molecule has 0 bridgehead atoms. The lowest BCUT2D eigenvalue weighted by Gasteiger charge is -2.30. The second-order valence-electron chi connectivity index (χ2n) is 8.18. The SMILES string of the molecule is CC[C@H]1OC(=O)C[C@@H](O)[C@H](C)[C@@H](O)[C@@H](C)C[C@@H](C)C(=O)C=CC(C)=C[C@@H]1C. The monoisotopic (exact) mass is 380 g/mol. The minimum Gasteiger partial charge on any atom is -0.462 e. The number of carbonyl (C=O) groups is 2. The van der Waals surface area contributed by atoms with Crippen molar-refractivity contribution >= 4 is 11.8 Å². The van der Waals surface area contributed by atoms with Crippen LogP contribution in [0.2, 0.25) is 0 Å². The van der Waals surface area contributed by atoms with Gasteiger partial charge in [-0.1, -0.05) is 52.3 Å². The van der Waals surface area contributed by atoms with E-state index in [0.29, 0.717) is 12.8 Å². The Morgan fingerprint density at radius 1 is 1.11 bits per heavy atom. The number of hydrogen-bond acceptors (Lipinski definition) is 5. The van der Waals surface area contributed by atoms with Gasteiger partial charge in [-0.25, -0.2) is 0 Å². The molecule has 0 aromatic carbocycles. The molecule has 1 heterocycles. The molecule has 0 spiro atoms. The Bertz CT molecular complexity index is 565. The molecule has 0 fully saturated rings. The van der Waals surface area contributed by atoms with E-state index in [4.69, 9.17) is 4.74 Å². The fourth-order valence-corrected chi connectivity index (χ4v) is 3.65. The lowest BCUT2D eigenvalue weighted by molar-refractivity contribution is -0.154. The lowest BCUT2D eigenvalue weighted by atomic mass is 9.82. The van der Waals surface area contributed by atoms with Gasteiger partial charge in [0.25, 0.3) is 0 Å². The van der Waals surface area contributed by atoms with Crippen molar-refractivity contribution in [2.45, 2.75) is 79.1 Å². The van der Waals surface area contributed by atoms with Crippen LogP contribution in [0.25, 0.3) is 0 Å². The number of cyclic esters (lactones) is 1. The number of rotatable bonds is 1. The van der Waals surface area contributed by atoms with Crippen LogP contribution in [0.5, 0.6) is 0 Å². The number of ether oxygens (including phenoxy) is 1. The van der Waals surface area contributed by atoms with Gasteiger partial charge in [-0.2, -0.15) is 0 Å². The first-order chi connectivity index (χ1) is 12.6. The molecule has 154 valence electrons. The van der Waals surface area contributed by atoms with Gasteiger partial charge in [-0.15, -0.1) is 0 Å². The molecule has 1 rings (SSSR count). The zero-order valence-electron chi connectivity index (χ0n) is 17.5. The quantitative estimate of drug-likeness (QED) is 0.681. The van der Waals surface area contributed by atoms with E-state index in [1.54, 1.807) is 19.1 Å². The van der Waals surface area contributed by atoms with Crippen molar-refractivity contribution in [3.05, 3.63) is 23.8 Å². The number of carbonyl (C=O) groups excluding carboxylic acids is 2. The van der Waals surface area contributed by atoms with Crippen molar-refractivity contribution in [1.29, 1.82) is 0 Å². The van der Waals surface area contributed by atoms with Gasteiger partial charge in [0.05, 0.1) is 18.6 Å². The minimum absolute atomic E-state index is 0.00999. The van der Waals surface area contributed by atoms with Crippen LogP contribution in [0.3, 0.4) is 0 Å². The summed E-state index contributed by atoms with van der Waals surface area (Å²) < 4.78 is 5.56. The zero-order valence-corrected chi connectivity index (χ0v) is 17.5. The first-order valence-electron chi connectivity index (χ1n) is 10.0. The Morgan fingerprint density at radius 2 is 1.74 bits per heavy atom. The third-order valence-electron chi connectivity index (χ3n) is 5.62. The Kier molecular flexibility index (Phi) is 9.40. The van der Waals surface area contributed by atoms with E-state index in [0.717, 1.165) is 5.57 Å². The number of hydrogen-bond donors (Lipinski definition) is 2. The molecule has 0 unspecified atom stereocenters. The summed E-state index contributed by atoms with van der Waals surface area (Å²) in [5.74, 6) is -1.33. The molecule has 0 saturated carbocycles. The van der Waals surface area contributed by atoms with Gasteiger partial charge in [0.15, 0.2) is 5.78 Å². The highest BCUT2D eigenvalue weighted by atomic mass is 16.5. The van der Waals surface area contributed by atoms with E-state index in [-0.39, 0.29) is 36.1 Å². The normalized spacial score (nSPS) is 37.6. The van der Waals surface area contributed by atoms with Crippen molar-refractivity contribution in [2.75, 3.05) is 0 Å². The van der Waals surface area contributed by atoms with Gasteiger partial charge in [-0.05, 0) is 31.8 Å². The standard InChI is InChI=1S/C22H36O5/c1-7-20-15(4)10-13(2)8-9-18(23)14(3)11-16(5)22(26)17(6)19(24)12-21(25)27-20/h8-10,14-17,19-20,22,24,26H,7,11-12H2,1-6H3/t14-,15+,16+,17+,19-,20-,22+/m1/s1. The zero-order chi connectivity index (χ0) is 20.7. The van der Waals surface area contributed by atoms with Crippen LogP contribution in [0, 0.1) is 23.7 Å². The largest absolute Gasteiger partial charge is 0.462 e. The van der Waals surface area contributed by atoms with E-state index >= 15 is 0 Å². The number of esters is 1. The third kappa shape index (κ3) is 7.23. The van der Waals surface area contributed by atoms with E-state index in [1.807, 2.05) is 40.7 Å². The Balaban J connectivity index is 3.13. The van der Waals surface area contributed by atoms with E-state index in [2.05, 4.69) is 0 Å². The third-order valence-corrected chi connectivity index (χ3v) is 5.62. The number of aliphatic hydroxyl groups excluding tert-OH is 2. The predicted octanol–water partition coefficient (Wildman–Crippen LogP) is 3.44. The first-order valence-corrected chi connectivity index (χ1v) is 10.0.